The van der Waals surface area contributed by atoms with Crippen molar-refractivity contribution in [1.29, 1.82) is 0 Å². The van der Waals surface area contributed by atoms with Crippen LogP contribution in [0.4, 0.5) is 5.13 Å². The van der Waals surface area contributed by atoms with Crippen LogP contribution >= 0.6 is 11.3 Å². The molecule has 1 heterocycles. The van der Waals surface area contributed by atoms with Crippen molar-refractivity contribution >= 4 is 43.4 Å². The van der Waals surface area contributed by atoms with Crippen molar-refractivity contribution in [3.63, 3.8) is 0 Å². The van der Waals surface area contributed by atoms with Crippen LogP contribution in [0.1, 0.15) is 21.5 Å². The molecule has 0 bridgehead atoms. The second-order valence-electron chi connectivity index (χ2n) is 7.69. The number of aromatic nitrogens is 1. The molecule has 0 aliphatic rings. The Bertz CT molecular complexity index is 1430. The molecule has 0 saturated heterocycles. The Labute approximate surface area is 190 Å². The number of hydrogen-bond donors (Lipinski definition) is 0. The van der Waals surface area contributed by atoms with Crippen LogP contribution in [-0.2, 0) is 6.54 Å². The highest BCUT2D eigenvalue weighted by atomic mass is 32.1. The molecule has 0 fully saturated rings. The maximum Gasteiger partial charge on any atom is 0.264 e. The highest BCUT2D eigenvalue weighted by Gasteiger charge is 2.25. The van der Waals surface area contributed by atoms with Crippen LogP contribution in [0.25, 0.3) is 21.0 Å². The van der Waals surface area contributed by atoms with Gasteiger partial charge in [0, 0.05) is 0 Å². The largest absolute Gasteiger partial charge is 0.496 e. The molecular formula is C27H22N2O2S. The summed E-state index contributed by atoms with van der Waals surface area (Å²) in [5.74, 6) is 0.428. The lowest BCUT2D eigenvalue weighted by Crippen LogP contribution is -2.30. The van der Waals surface area contributed by atoms with Gasteiger partial charge in [0.05, 0.1) is 29.4 Å². The van der Waals surface area contributed by atoms with E-state index in [2.05, 4.69) is 0 Å². The minimum Gasteiger partial charge on any atom is -0.496 e. The first-order chi connectivity index (χ1) is 15.6. The number of methoxy groups -OCH3 is 1. The summed E-state index contributed by atoms with van der Waals surface area (Å²) in [6, 6.07) is 27.9. The number of para-hydroxylation sites is 1. The standard InChI is InChI=1S/C27H22N2O2S/c1-18-9-8-14-24-25(18)28-27(32-24)29(17-19-10-4-3-5-11-19)26(30)22-15-20-12-6-7-13-21(20)16-23(22)31-2/h3-16H,17H2,1-2H3. The Balaban J connectivity index is 1.65. The summed E-state index contributed by atoms with van der Waals surface area (Å²) >= 11 is 1.53. The maximum absolute atomic E-state index is 13.9. The van der Waals surface area contributed by atoms with Crippen molar-refractivity contribution in [2.75, 3.05) is 12.0 Å². The lowest BCUT2D eigenvalue weighted by molar-refractivity contribution is 0.0982. The van der Waals surface area contributed by atoms with Crippen molar-refractivity contribution in [2.24, 2.45) is 0 Å². The van der Waals surface area contributed by atoms with Gasteiger partial charge in [0.25, 0.3) is 5.91 Å². The van der Waals surface area contributed by atoms with Crippen molar-refractivity contribution < 1.29 is 9.53 Å². The van der Waals surface area contributed by atoms with E-state index in [0.29, 0.717) is 23.0 Å². The molecule has 0 unspecified atom stereocenters. The molecule has 0 aliphatic heterocycles. The van der Waals surface area contributed by atoms with E-state index in [-0.39, 0.29) is 5.91 Å². The van der Waals surface area contributed by atoms with E-state index < -0.39 is 0 Å². The van der Waals surface area contributed by atoms with Gasteiger partial charge in [-0.3, -0.25) is 9.69 Å². The van der Waals surface area contributed by atoms with Crippen LogP contribution < -0.4 is 9.64 Å². The summed E-state index contributed by atoms with van der Waals surface area (Å²) in [7, 11) is 1.60. The molecule has 0 saturated carbocycles. The number of fused-ring (bicyclic) bond motifs is 2. The van der Waals surface area contributed by atoms with Crippen LogP contribution in [0.3, 0.4) is 0 Å². The third kappa shape index (κ3) is 3.72. The molecule has 4 aromatic carbocycles. The third-order valence-electron chi connectivity index (χ3n) is 5.57. The lowest BCUT2D eigenvalue weighted by atomic mass is 10.0. The molecule has 4 nitrogen and oxygen atoms in total. The molecule has 5 aromatic rings. The highest BCUT2D eigenvalue weighted by molar-refractivity contribution is 7.22. The minimum atomic E-state index is -0.131. The molecule has 0 aliphatic carbocycles. The smallest absolute Gasteiger partial charge is 0.264 e. The number of amides is 1. The van der Waals surface area contributed by atoms with Crippen molar-refractivity contribution in [2.45, 2.75) is 13.5 Å². The monoisotopic (exact) mass is 438 g/mol. The van der Waals surface area contributed by atoms with Gasteiger partial charge in [0.2, 0.25) is 0 Å². The summed E-state index contributed by atoms with van der Waals surface area (Å²) in [6.45, 7) is 2.47. The zero-order valence-corrected chi connectivity index (χ0v) is 18.7. The van der Waals surface area contributed by atoms with Gasteiger partial charge < -0.3 is 4.74 Å². The average Bonchev–Trinajstić information content (AvgIpc) is 3.27. The zero-order valence-electron chi connectivity index (χ0n) is 17.9. The van der Waals surface area contributed by atoms with Crippen LogP contribution in [0.15, 0.2) is 84.9 Å². The van der Waals surface area contributed by atoms with Gasteiger partial charge in [-0.2, -0.15) is 0 Å². The molecule has 5 rings (SSSR count). The molecule has 0 atom stereocenters. The van der Waals surface area contributed by atoms with Gasteiger partial charge in [-0.05, 0) is 47.0 Å². The fourth-order valence-corrected chi connectivity index (χ4v) is 4.92. The number of anilines is 1. The van der Waals surface area contributed by atoms with E-state index in [1.165, 1.54) is 11.3 Å². The lowest BCUT2D eigenvalue weighted by Gasteiger charge is -2.21. The predicted molar refractivity (Wildman–Crippen MR) is 132 cm³/mol. The summed E-state index contributed by atoms with van der Waals surface area (Å²) in [4.78, 5) is 20.6. The highest BCUT2D eigenvalue weighted by Crippen LogP contribution is 2.34. The molecule has 0 N–H and O–H groups in total. The predicted octanol–water partition coefficient (Wildman–Crippen LogP) is 6.61. The average molecular weight is 439 g/mol. The van der Waals surface area contributed by atoms with Crippen LogP contribution in [0, 0.1) is 6.92 Å². The first-order valence-electron chi connectivity index (χ1n) is 10.4. The van der Waals surface area contributed by atoms with Gasteiger partial charge in [0.1, 0.15) is 5.75 Å². The normalized spacial score (nSPS) is 11.1. The van der Waals surface area contributed by atoms with Crippen molar-refractivity contribution in [3.8, 4) is 5.75 Å². The molecule has 32 heavy (non-hydrogen) atoms. The summed E-state index contributed by atoms with van der Waals surface area (Å²) in [6.07, 6.45) is 0. The number of carbonyl (C=O) groups excluding carboxylic acids is 1. The van der Waals surface area contributed by atoms with E-state index in [0.717, 1.165) is 32.1 Å². The Hall–Kier alpha value is -3.70. The summed E-state index contributed by atoms with van der Waals surface area (Å²) < 4.78 is 6.69. The third-order valence-corrected chi connectivity index (χ3v) is 6.61. The number of aryl methyl sites for hydroxylation is 1. The van der Waals surface area contributed by atoms with Gasteiger partial charge in [0.15, 0.2) is 5.13 Å². The van der Waals surface area contributed by atoms with E-state index >= 15 is 0 Å². The molecule has 0 radical (unpaired) electrons. The summed E-state index contributed by atoms with van der Waals surface area (Å²) in [5, 5.41) is 2.71. The van der Waals surface area contributed by atoms with E-state index in [4.69, 9.17) is 9.72 Å². The van der Waals surface area contributed by atoms with E-state index in [9.17, 15) is 4.79 Å². The molecule has 1 amide bonds. The van der Waals surface area contributed by atoms with Gasteiger partial charge in [-0.25, -0.2) is 4.98 Å². The fourth-order valence-electron chi connectivity index (χ4n) is 3.88. The number of thiazole rings is 1. The van der Waals surface area contributed by atoms with E-state index in [1.807, 2.05) is 91.9 Å². The first-order valence-corrected chi connectivity index (χ1v) is 11.2. The topological polar surface area (TPSA) is 42.4 Å². The van der Waals surface area contributed by atoms with Gasteiger partial charge >= 0.3 is 0 Å². The number of ether oxygens (including phenoxy) is 1. The molecule has 158 valence electrons. The molecular weight excluding hydrogens is 416 g/mol. The van der Waals surface area contributed by atoms with Crippen molar-refractivity contribution in [1.82, 2.24) is 4.98 Å². The number of rotatable bonds is 5. The van der Waals surface area contributed by atoms with Gasteiger partial charge in [-0.15, -0.1) is 0 Å². The summed E-state index contributed by atoms with van der Waals surface area (Å²) in [5.41, 5.74) is 3.60. The maximum atomic E-state index is 13.9. The van der Waals surface area contributed by atoms with Crippen LogP contribution in [-0.4, -0.2) is 18.0 Å². The van der Waals surface area contributed by atoms with E-state index in [1.54, 1.807) is 12.0 Å². The van der Waals surface area contributed by atoms with Crippen LogP contribution in [0.2, 0.25) is 0 Å². The van der Waals surface area contributed by atoms with Gasteiger partial charge in [-0.1, -0.05) is 78.1 Å². The molecule has 0 spiro atoms. The first kappa shape index (κ1) is 20.2. The minimum absolute atomic E-state index is 0.131. The van der Waals surface area contributed by atoms with Crippen molar-refractivity contribution in [3.05, 3.63) is 102 Å². The SMILES string of the molecule is COc1cc2ccccc2cc1C(=O)N(Cc1ccccc1)c1nc2c(C)cccc2s1. The number of hydrogen-bond acceptors (Lipinski definition) is 4. The second-order valence-corrected chi connectivity index (χ2v) is 8.70. The number of nitrogens with zero attached hydrogens (tertiary/aromatic N) is 2. The Morgan fingerprint density at radius 3 is 2.38 bits per heavy atom. The fraction of sp³-hybridized carbons (Fsp3) is 0.111. The number of carbonyl (C=O) groups is 1. The Morgan fingerprint density at radius 1 is 0.938 bits per heavy atom. The zero-order chi connectivity index (χ0) is 22.1. The molecule has 1 aromatic heterocycles. The second kappa shape index (κ2) is 8.44. The quantitative estimate of drug-likeness (QED) is 0.310. The molecule has 5 heteroatoms. The number of benzene rings is 4. The van der Waals surface area contributed by atoms with Crippen LogP contribution in [0.5, 0.6) is 5.75 Å². The Morgan fingerprint density at radius 2 is 1.66 bits per heavy atom. The Kier molecular flexibility index (Phi) is 5.33.